The standard InChI is InChI=1S/C27H25NO7/c1-16(2)15-35-20-6-3-5-19(13-20)24(29)22-23(21-7-4-12-34-21)28(26(31)25(22)30)14-17-8-10-18(11-9-17)27(32)33/h3-13,16,23,29H,14-15H2,1-2H3,(H,32,33)/b24-22-. The van der Waals surface area contributed by atoms with Gasteiger partial charge in [0.2, 0.25) is 0 Å². The SMILES string of the molecule is CC(C)COc1cccc(/C(O)=C2/C(=O)C(=O)N(Cc3ccc(C(=O)O)cc3)C2c2ccco2)c1. The minimum Gasteiger partial charge on any atom is -0.507 e. The van der Waals surface area contributed by atoms with Gasteiger partial charge in [0.15, 0.2) is 0 Å². The highest BCUT2D eigenvalue weighted by molar-refractivity contribution is 6.46. The molecule has 1 fully saturated rings. The van der Waals surface area contributed by atoms with Gasteiger partial charge in [-0.15, -0.1) is 0 Å². The number of aliphatic hydroxyl groups excluding tert-OH is 1. The molecule has 8 nitrogen and oxygen atoms in total. The van der Waals surface area contributed by atoms with Crippen molar-refractivity contribution in [2.24, 2.45) is 5.92 Å². The smallest absolute Gasteiger partial charge is 0.335 e. The van der Waals surface area contributed by atoms with Crippen LogP contribution in [0.2, 0.25) is 0 Å². The first-order valence-corrected chi connectivity index (χ1v) is 11.1. The van der Waals surface area contributed by atoms with Crippen molar-refractivity contribution in [2.45, 2.75) is 26.4 Å². The van der Waals surface area contributed by atoms with Gasteiger partial charge in [-0.3, -0.25) is 9.59 Å². The van der Waals surface area contributed by atoms with E-state index in [-0.39, 0.29) is 23.4 Å². The molecule has 1 atom stereocenters. The number of rotatable bonds is 8. The Hall–Kier alpha value is -4.33. The Bertz CT molecular complexity index is 1270. The molecule has 0 radical (unpaired) electrons. The molecule has 2 N–H and O–H groups in total. The lowest BCUT2D eigenvalue weighted by Crippen LogP contribution is -2.29. The average Bonchev–Trinajstić information content (AvgIpc) is 3.46. The first-order chi connectivity index (χ1) is 16.8. The van der Waals surface area contributed by atoms with Gasteiger partial charge in [-0.25, -0.2) is 4.79 Å². The zero-order valence-electron chi connectivity index (χ0n) is 19.3. The summed E-state index contributed by atoms with van der Waals surface area (Å²) in [6.45, 7) is 4.54. The third-order valence-electron chi connectivity index (χ3n) is 5.60. The zero-order valence-corrected chi connectivity index (χ0v) is 19.3. The summed E-state index contributed by atoms with van der Waals surface area (Å²) in [6, 6.07) is 15.0. The van der Waals surface area contributed by atoms with Crippen molar-refractivity contribution in [3.63, 3.8) is 0 Å². The number of carbonyl (C=O) groups excluding carboxylic acids is 2. The number of nitrogens with zero attached hydrogens (tertiary/aromatic N) is 1. The predicted molar refractivity (Wildman–Crippen MR) is 127 cm³/mol. The molecule has 180 valence electrons. The maximum atomic E-state index is 13.1. The molecule has 0 saturated carbocycles. The van der Waals surface area contributed by atoms with Crippen molar-refractivity contribution in [3.05, 3.63) is 95.0 Å². The molecule has 1 unspecified atom stereocenters. The van der Waals surface area contributed by atoms with Crippen LogP contribution >= 0.6 is 0 Å². The molecule has 8 heteroatoms. The second-order valence-electron chi connectivity index (χ2n) is 8.68. The Morgan fingerprint density at radius 3 is 2.40 bits per heavy atom. The van der Waals surface area contributed by atoms with Crippen LogP contribution in [0.25, 0.3) is 5.76 Å². The van der Waals surface area contributed by atoms with E-state index in [2.05, 4.69) is 0 Å². The van der Waals surface area contributed by atoms with Gasteiger partial charge in [-0.2, -0.15) is 0 Å². The highest BCUT2D eigenvalue weighted by Gasteiger charge is 2.47. The number of carboxylic acid groups (broad SMARTS) is 1. The number of carboxylic acids is 1. The number of furan rings is 1. The number of aliphatic hydroxyl groups is 1. The molecule has 35 heavy (non-hydrogen) atoms. The van der Waals surface area contributed by atoms with Crippen molar-refractivity contribution in [3.8, 4) is 5.75 Å². The highest BCUT2D eigenvalue weighted by atomic mass is 16.5. The fraction of sp³-hybridized carbons (Fsp3) is 0.222. The normalized spacial score (nSPS) is 17.2. The van der Waals surface area contributed by atoms with Crippen LogP contribution in [-0.4, -0.2) is 39.4 Å². The number of amides is 1. The first-order valence-electron chi connectivity index (χ1n) is 11.1. The van der Waals surface area contributed by atoms with Crippen LogP contribution in [0.1, 0.15) is 47.1 Å². The summed E-state index contributed by atoms with van der Waals surface area (Å²) in [5.41, 5.74) is 0.982. The van der Waals surface area contributed by atoms with Crippen LogP contribution in [0.15, 0.2) is 76.9 Å². The quantitative estimate of drug-likeness (QED) is 0.277. The van der Waals surface area contributed by atoms with Gasteiger partial charge in [0.05, 0.1) is 24.0 Å². The summed E-state index contributed by atoms with van der Waals surface area (Å²) >= 11 is 0. The van der Waals surface area contributed by atoms with E-state index in [1.807, 2.05) is 13.8 Å². The van der Waals surface area contributed by atoms with E-state index in [1.54, 1.807) is 48.5 Å². The van der Waals surface area contributed by atoms with Crippen LogP contribution < -0.4 is 4.74 Å². The van der Waals surface area contributed by atoms with Crippen molar-refractivity contribution in [1.82, 2.24) is 4.90 Å². The largest absolute Gasteiger partial charge is 0.507 e. The van der Waals surface area contributed by atoms with Crippen molar-refractivity contribution >= 4 is 23.4 Å². The number of likely N-dealkylation sites (tertiary alicyclic amines) is 1. The van der Waals surface area contributed by atoms with Gasteiger partial charge in [0.1, 0.15) is 23.3 Å². The van der Waals surface area contributed by atoms with Crippen molar-refractivity contribution in [2.75, 3.05) is 6.61 Å². The molecule has 1 amide bonds. The summed E-state index contributed by atoms with van der Waals surface area (Å²) in [4.78, 5) is 38.6. The molecule has 0 bridgehead atoms. The lowest BCUT2D eigenvalue weighted by Gasteiger charge is -2.23. The van der Waals surface area contributed by atoms with E-state index in [1.165, 1.54) is 23.3 Å². The van der Waals surface area contributed by atoms with Crippen LogP contribution in [0.5, 0.6) is 5.75 Å². The molecule has 1 aromatic heterocycles. The maximum absolute atomic E-state index is 13.1. The van der Waals surface area contributed by atoms with Crippen molar-refractivity contribution < 1.29 is 33.8 Å². The van der Waals surface area contributed by atoms with E-state index in [0.717, 1.165) is 0 Å². The number of aromatic carboxylic acids is 1. The third kappa shape index (κ3) is 4.96. The number of hydrogen-bond acceptors (Lipinski definition) is 6. The summed E-state index contributed by atoms with van der Waals surface area (Å²) in [6.07, 6.45) is 1.43. The average molecular weight is 475 g/mol. The molecule has 4 rings (SSSR count). The summed E-state index contributed by atoms with van der Waals surface area (Å²) < 4.78 is 11.3. The molecular weight excluding hydrogens is 450 g/mol. The summed E-state index contributed by atoms with van der Waals surface area (Å²) in [7, 11) is 0. The maximum Gasteiger partial charge on any atom is 0.335 e. The highest BCUT2D eigenvalue weighted by Crippen LogP contribution is 2.40. The predicted octanol–water partition coefficient (Wildman–Crippen LogP) is 4.63. The molecule has 2 heterocycles. The second kappa shape index (κ2) is 9.89. The molecule has 0 aliphatic carbocycles. The molecule has 1 aliphatic heterocycles. The third-order valence-corrected chi connectivity index (χ3v) is 5.60. The molecule has 0 spiro atoms. The summed E-state index contributed by atoms with van der Waals surface area (Å²) in [5.74, 6) is -1.86. The van der Waals surface area contributed by atoms with Gasteiger partial charge >= 0.3 is 5.97 Å². The fourth-order valence-corrected chi connectivity index (χ4v) is 3.89. The minimum atomic E-state index is -1.06. The van der Waals surface area contributed by atoms with E-state index >= 15 is 0 Å². The second-order valence-corrected chi connectivity index (χ2v) is 8.68. The Morgan fingerprint density at radius 1 is 1.03 bits per heavy atom. The van der Waals surface area contributed by atoms with Gasteiger partial charge in [-0.1, -0.05) is 38.1 Å². The van der Waals surface area contributed by atoms with E-state index in [9.17, 15) is 19.5 Å². The zero-order chi connectivity index (χ0) is 25.1. The van der Waals surface area contributed by atoms with Crippen LogP contribution in [-0.2, 0) is 16.1 Å². The molecule has 1 aliphatic rings. The molecule has 2 aromatic carbocycles. The fourth-order valence-electron chi connectivity index (χ4n) is 3.89. The number of ether oxygens (including phenoxy) is 1. The van der Waals surface area contributed by atoms with Gasteiger partial charge in [0.25, 0.3) is 11.7 Å². The van der Waals surface area contributed by atoms with E-state index in [0.29, 0.717) is 35.2 Å². The monoisotopic (exact) mass is 475 g/mol. The van der Waals surface area contributed by atoms with Crippen LogP contribution in [0.4, 0.5) is 0 Å². The van der Waals surface area contributed by atoms with Gasteiger partial charge in [0, 0.05) is 12.1 Å². The molecular formula is C27H25NO7. The van der Waals surface area contributed by atoms with E-state index < -0.39 is 23.7 Å². The molecule has 3 aromatic rings. The number of Topliss-reactive ketones (excluding diaryl/α,β-unsaturated/α-hetero) is 1. The Kier molecular flexibility index (Phi) is 6.73. The van der Waals surface area contributed by atoms with E-state index in [4.69, 9.17) is 14.3 Å². The first kappa shape index (κ1) is 23.8. The Balaban J connectivity index is 1.73. The summed E-state index contributed by atoms with van der Waals surface area (Å²) in [5, 5.41) is 20.3. The number of carbonyl (C=O) groups is 3. The number of benzene rings is 2. The van der Waals surface area contributed by atoms with Crippen molar-refractivity contribution in [1.29, 1.82) is 0 Å². The topological polar surface area (TPSA) is 117 Å². The van der Waals surface area contributed by atoms with Crippen LogP contribution in [0, 0.1) is 5.92 Å². The lowest BCUT2D eigenvalue weighted by atomic mass is 9.99. The Labute approximate surface area is 202 Å². The van der Waals surface area contributed by atoms with Crippen LogP contribution in [0.3, 0.4) is 0 Å². The molecule has 1 saturated heterocycles. The Morgan fingerprint density at radius 2 is 1.77 bits per heavy atom. The number of ketones is 1. The van der Waals surface area contributed by atoms with Gasteiger partial charge in [-0.05, 0) is 47.9 Å². The lowest BCUT2D eigenvalue weighted by molar-refractivity contribution is -0.140. The van der Waals surface area contributed by atoms with Gasteiger partial charge < -0.3 is 24.3 Å². The minimum absolute atomic E-state index is 0.0180. The number of hydrogen-bond donors (Lipinski definition) is 2.